The molecule has 1 saturated heterocycles. The maximum Gasteiger partial charge on any atom is 0.305 e. The smallest absolute Gasteiger partial charge is 0.305 e. The van der Waals surface area contributed by atoms with Gasteiger partial charge in [-0.05, 0) is 25.8 Å². The van der Waals surface area contributed by atoms with E-state index in [4.69, 9.17) is 9.84 Å². The van der Waals surface area contributed by atoms with Crippen LogP contribution in [0.15, 0.2) is 0 Å². The van der Waals surface area contributed by atoms with Gasteiger partial charge in [0.15, 0.2) is 0 Å². The number of hydrogen-bond donors (Lipinski definition) is 1. The van der Waals surface area contributed by atoms with Crippen LogP contribution < -0.4 is 0 Å². The summed E-state index contributed by atoms with van der Waals surface area (Å²) in [5, 5.41) is 8.52. The average Bonchev–Trinajstić information content (AvgIpc) is 2.31. The molecule has 0 saturated carbocycles. The Bertz CT molecular complexity index is 213. The number of nitrogens with zero attached hydrogens (tertiary/aromatic N) is 1. The van der Waals surface area contributed by atoms with Gasteiger partial charge in [0.2, 0.25) is 0 Å². The van der Waals surface area contributed by atoms with Crippen LogP contribution in [-0.4, -0.2) is 48.3 Å². The molecule has 4 heteroatoms. The fourth-order valence-electron chi connectivity index (χ4n) is 2.20. The molecule has 0 aromatic rings. The summed E-state index contributed by atoms with van der Waals surface area (Å²) >= 11 is 0. The Morgan fingerprint density at radius 3 is 2.65 bits per heavy atom. The summed E-state index contributed by atoms with van der Waals surface area (Å²) in [6.45, 7) is 5.98. The number of carboxylic acids is 1. The molecular weight excluding hydrogens is 218 g/mol. The Morgan fingerprint density at radius 1 is 1.35 bits per heavy atom. The fraction of sp³-hybridized carbons (Fsp3) is 0.923. The molecule has 1 rings (SSSR count). The van der Waals surface area contributed by atoms with Crippen molar-refractivity contribution < 1.29 is 14.6 Å². The molecule has 1 heterocycles. The van der Waals surface area contributed by atoms with Crippen LogP contribution in [0.25, 0.3) is 0 Å². The van der Waals surface area contributed by atoms with Crippen molar-refractivity contribution in [3.63, 3.8) is 0 Å². The van der Waals surface area contributed by atoms with Gasteiger partial charge in [0.05, 0.1) is 19.1 Å². The number of carboxylic acid groups (broad SMARTS) is 1. The van der Waals surface area contributed by atoms with E-state index in [1.165, 1.54) is 25.8 Å². The quantitative estimate of drug-likeness (QED) is 0.663. The predicted molar refractivity (Wildman–Crippen MR) is 67.2 cm³/mol. The summed E-state index contributed by atoms with van der Waals surface area (Å²) in [5.41, 5.74) is 0. The van der Waals surface area contributed by atoms with E-state index < -0.39 is 5.97 Å². The Hall–Kier alpha value is -0.610. The Morgan fingerprint density at radius 2 is 2.06 bits per heavy atom. The van der Waals surface area contributed by atoms with Gasteiger partial charge in [-0.15, -0.1) is 0 Å². The summed E-state index contributed by atoms with van der Waals surface area (Å²) in [6.07, 6.45) is 6.37. The molecule has 0 atom stereocenters. The second kappa shape index (κ2) is 8.48. The molecule has 0 unspecified atom stereocenters. The van der Waals surface area contributed by atoms with Crippen molar-refractivity contribution in [3.05, 3.63) is 0 Å². The molecule has 100 valence electrons. The Balaban J connectivity index is 2.03. The zero-order valence-electron chi connectivity index (χ0n) is 10.9. The van der Waals surface area contributed by atoms with Crippen LogP contribution in [0.1, 0.15) is 45.4 Å². The molecule has 1 aliphatic rings. The standard InChI is InChI=1S/C13H25NO3/c1-2-3-4-8-14-9-5-12(6-10-14)17-11-7-13(15)16/h12H,2-11H2,1H3,(H,15,16). The van der Waals surface area contributed by atoms with Gasteiger partial charge in [-0.25, -0.2) is 0 Å². The highest BCUT2D eigenvalue weighted by Gasteiger charge is 2.19. The number of likely N-dealkylation sites (tertiary alicyclic amines) is 1. The van der Waals surface area contributed by atoms with Crippen molar-refractivity contribution >= 4 is 5.97 Å². The molecule has 1 N–H and O–H groups in total. The van der Waals surface area contributed by atoms with Gasteiger partial charge in [0, 0.05) is 13.1 Å². The van der Waals surface area contributed by atoms with E-state index in [9.17, 15) is 4.79 Å². The number of piperidine rings is 1. The molecule has 0 amide bonds. The monoisotopic (exact) mass is 243 g/mol. The molecule has 0 radical (unpaired) electrons. The summed E-state index contributed by atoms with van der Waals surface area (Å²) in [5.74, 6) is -0.776. The third-order valence-corrected chi connectivity index (χ3v) is 3.28. The van der Waals surface area contributed by atoms with E-state index >= 15 is 0 Å². The minimum atomic E-state index is -0.776. The van der Waals surface area contributed by atoms with Gasteiger partial charge in [-0.2, -0.15) is 0 Å². The molecule has 17 heavy (non-hydrogen) atoms. The average molecular weight is 243 g/mol. The number of rotatable bonds is 8. The normalized spacial score (nSPS) is 18.4. The van der Waals surface area contributed by atoms with Gasteiger partial charge in [-0.1, -0.05) is 19.8 Å². The lowest BCUT2D eigenvalue weighted by molar-refractivity contribution is -0.138. The Labute approximate surface area is 104 Å². The van der Waals surface area contributed by atoms with Crippen LogP contribution >= 0.6 is 0 Å². The van der Waals surface area contributed by atoms with Crippen molar-refractivity contribution in [1.82, 2.24) is 4.90 Å². The first-order valence-electron chi connectivity index (χ1n) is 6.78. The van der Waals surface area contributed by atoms with Crippen LogP contribution in [0.2, 0.25) is 0 Å². The minimum Gasteiger partial charge on any atom is -0.481 e. The van der Waals surface area contributed by atoms with Crippen molar-refractivity contribution in [3.8, 4) is 0 Å². The van der Waals surface area contributed by atoms with Gasteiger partial charge < -0.3 is 14.7 Å². The highest BCUT2D eigenvalue weighted by Crippen LogP contribution is 2.14. The summed E-state index contributed by atoms with van der Waals surface area (Å²) in [7, 11) is 0. The number of aliphatic carboxylic acids is 1. The van der Waals surface area contributed by atoms with Crippen LogP contribution in [0.5, 0.6) is 0 Å². The van der Waals surface area contributed by atoms with Gasteiger partial charge in [0.25, 0.3) is 0 Å². The molecule has 0 bridgehead atoms. The van der Waals surface area contributed by atoms with Crippen molar-refractivity contribution in [1.29, 1.82) is 0 Å². The first kappa shape index (κ1) is 14.5. The summed E-state index contributed by atoms with van der Waals surface area (Å²) < 4.78 is 5.56. The topological polar surface area (TPSA) is 49.8 Å². The molecule has 0 spiro atoms. The van der Waals surface area contributed by atoms with Gasteiger partial charge in [0.1, 0.15) is 0 Å². The summed E-state index contributed by atoms with van der Waals surface area (Å²) in [4.78, 5) is 12.8. The van der Waals surface area contributed by atoms with Crippen LogP contribution in [0.4, 0.5) is 0 Å². The third-order valence-electron chi connectivity index (χ3n) is 3.28. The zero-order valence-corrected chi connectivity index (χ0v) is 10.9. The second-order valence-corrected chi connectivity index (χ2v) is 4.76. The van der Waals surface area contributed by atoms with Crippen molar-refractivity contribution in [2.24, 2.45) is 0 Å². The molecule has 4 nitrogen and oxygen atoms in total. The van der Waals surface area contributed by atoms with E-state index in [-0.39, 0.29) is 12.5 Å². The molecular formula is C13H25NO3. The maximum absolute atomic E-state index is 10.4. The number of ether oxygens (including phenoxy) is 1. The van der Waals surface area contributed by atoms with E-state index in [1.54, 1.807) is 0 Å². The molecule has 1 aliphatic heterocycles. The highest BCUT2D eigenvalue weighted by molar-refractivity contribution is 5.66. The third kappa shape index (κ3) is 6.64. The molecule has 0 aromatic heterocycles. The number of carbonyl (C=O) groups is 1. The van der Waals surface area contributed by atoms with Crippen molar-refractivity contribution in [2.75, 3.05) is 26.2 Å². The van der Waals surface area contributed by atoms with Crippen molar-refractivity contribution in [2.45, 2.75) is 51.6 Å². The first-order chi connectivity index (χ1) is 8.22. The zero-order chi connectivity index (χ0) is 12.5. The maximum atomic E-state index is 10.4. The number of hydrogen-bond acceptors (Lipinski definition) is 3. The lowest BCUT2D eigenvalue weighted by atomic mass is 10.1. The lowest BCUT2D eigenvalue weighted by Crippen LogP contribution is -2.37. The molecule has 1 fully saturated rings. The minimum absolute atomic E-state index is 0.122. The van der Waals surface area contributed by atoms with Crippen LogP contribution in [-0.2, 0) is 9.53 Å². The van der Waals surface area contributed by atoms with Gasteiger partial charge >= 0.3 is 5.97 Å². The molecule has 0 aliphatic carbocycles. The van der Waals surface area contributed by atoms with E-state index in [1.807, 2.05) is 0 Å². The van der Waals surface area contributed by atoms with E-state index in [0.29, 0.717) is 6.61 Å². The SMILES string of the molecule is CCCCCN1CCC(OCCC(=O)O)CC1. The number of unbranched alkanes of at least 4 members (excludes halogenated alkanes) is 2. The largest absolute Gasteiger partial charge is 0.481 e. The van der Waals surface area contributed by atoms with E-state index in [2.05, 4.69) is 11.8 Å². The molecule has 0 aromatic carbocycles. The second-order valence-electron chi connectivity index (χ2n) is 4.76. The van der Waals surface area contributed by atoms with E-state index in [0.717, 1.165) is 25.9 Å². The Kier molecular flexibility index (Phi) is 7.21. The van der Waals surface area contributed by atoms with Gasteiger partial charge in [-0.3, -0.25) is 4.79 Å². The fourth-order valence-corrected chi connectivity index (χ4v) is 2.20. The highest BCUT2D eigenvalue weighted by atomic mass is 16.5. The lowest BCUT2D eigenvalue weighted by Gasteiger charge is -2.31. The predicted octanol–water partition coefficient (Wildman–Crippen LogP) is 2.13. The summed E-state index contributed by atoms with van der Waals surface area (Å²) in [6, 6.07) is 0. The van der Waals surface area contributed by atoms with Crippen LogP contribution in [0.3, 0.4) is 0 Å². The van der Waals surface area contributed by atoms with Crippen LogP contribution in [0, 0.1) is 0 Å². The first-order valence-corrected chi connectivity index (χ1v) is 6.78.